The summed E-state index contributed by atoms with van der Waals surface area (Å²) in [6.45, 7) is 1.97. The molecule has 0 spiro atoms. The molecule has 88 valence electrons. The predicted octanol–water partition coefficient (Wildman–Crippen LogP) is 2.24. The number of anilines is 1. The summed E-state index contributed by atoms with van der Waals surface area (Å²) in [5.41, 5.74) is 7.23. The Hall–Kier alpha value is -1.06. The van der Waals surface area contributed by atoms with Crippen LogP contribution in [0.2, 0.25) is 0 Å². The molecule has 0 heterocycles. The van der Waals surface area contributed by atoms with E-state index in [4.69, 9.17) is 5.73 Å². The minimum atomic E-state index is -0.623. The molecule has 2 rings (SSSR count). The Kier molecular flexibility index (Phi) is 3.94. The average molecular weight is 241 g/mol. The van der Waals surface area contributed by atoms with E-state index in [1.165, 1.54) is 0 Å². The van der Waals surface area contributed by atoms with Crippen LogP contribution in [0.15, 0.2) is 24.3 Å². The summed E-state index contributed by atoms with van der Waals surface area (Å²) in [6, 6.07) is 7.73. The van der Waals surface area contributed by atoms with E-state index in [0.717, 1.165) is 30.5 Å². The van der Waals surface area contributed by atoms with Crippen LogP contribution in [0.1, 0.15) is 24.8 Å². The lowest BCUT2D eigenvalue weighted by Gasteiger charge is -2.36. The number of hydrogen-bond acceptors (Lipinski definition) is 2. The lowest BCUT2D eigenvalue weighted by molar-refractivity contribution is -0.123. The number of aryl methyl sites for hydroxylation is 1. The van der Waals surface area contributed by atoms with Crippen molar-refractivity contribution in [2.24, 2.45) is 5.73 Å². The van der Waals surface area contributed by atoms with Crippen LogP contribution in [0.5, 0.6) is 0 Å². The first kappa shape index (κ1) is 13.0. The SMILES string of the molecule is Cc1ccccc1NC(=O)C1(N)CCC1.Cl. The van der Waals surface area contributed by atoms with Gasteiger partial charge in [-0.2, -0.15) is 0 Å². The molecule has 0 aromatic heterocycles. The topological polar surface area (TPSA) is 55.1 Å². The molecule has 0 saturated heterocycles. The van der Waals surface area contributed by atoms with Gasteiger partial charge in [-0.1, -0.05) is 18.2 Å². The van der Waals surface area contributed by atoms with Crippen molar-refractivity contribution < 1.29 is 4.79 Å². The molecule has 1 amide bonds. The standard InChI is InChI=1S/C12H16N2O.ClH/c1-9-5-2-3-6-10(9)14-11(15)12(13)7-4-8-12;/h2-3,5-6H,4,7-8,13H2,1H3,(H,14,15);1H. The second-order valence-corrected chi connectivity index (χ2v) is 4.28. The van der Waals surface area contributed by atoms with Crippen LogP contribution in [-0.4, -0.2) is 11.4 Å². The van der Waals surface area contributed by atoms with E-state index in [-0.39, 0.29) is 18.3 Å². The highest BCUT2D eigenvalue weighted by atomic mass is 35.5. The quantitative estimate of drug-likeness (QED) is 0.833. The molecular weight excluding hydrogens is 224 g/mol. The van der Waals surface area contributed by atoms with Crippen LogP contribution >= 0.6 is 12.4 Å². The number of nitrogens with one attached hydrogen (secondary N) is 1. The van der Waals surface area contributed by atoms with Crippen molar-refractivity contribution >= 4 is 24.0 Å². The third-order valence-corrected chi connectivity index (χ3v) is 3.09. The first-order valence-corrected chi connectivity index (χ1v) is 5.28. The molecule has 0 bridgehead atoms. The number of nitrogens with two attached hydrogens (primary N) is 1. The van der Waals surface area contributed by atoms with Crippen molar-refractivity contribution in [1.29, 1.82) is 0 Å². The Morgan fingerprint density at radius 2 is 2.00 bits per heavy atom. The maximum absolute atomic E-state index is 11.8. The summed E-state index contributed by atoms with van der Waals surface area (Å²) in [5.74, 6) is -0.0527. The van der Waals surface area contributed by atoms with Gasteiger partial charge in [-0.3, -0.25) is 4.79 Å². The lowest BCUT2D eigenvalue weighted by atomic mass is 9.77. The van der Waals surface area contributed by atoms with Gasteiger partial charge in [-0.15, -0.1) is 12.4 Å². The van der Waals surface area contributed by atoms with E-state index >= 15 is 0 Å². The van der Waals surface area contributed by atoms with Crippen molar-refractivity contribution in [2.75, 3.05) is 5.32 Å². The van der Waals surface area contributed by atoms with Crippen molar-refractivity contribution in [3.63, 3.8) is 0 Å². The number of carbonyl (C=O) groups excluding carboxylic acids is 1. The predicted molar refractivity (Wildman–Crippen MR) is 67.8 cm³/mol. The van der Waals surface area contributed by atoms with Gasteiger partial charge in [0.05, 0.1) is 5.54 Å². The molecule has 4 heteroatoms. The number of carbonyl (C=O) groups is 1. The van der Waals surface area contributed by atoms with Crippen LogP contribution in [0.3, 0.4) is 0 Å². The van der Waals surface area contributed by atoms with Gasteiger partial charge < -0.3 is 11.1 Å². The number of benzene rings is 1. The van der Waals surface area contributed by atoms with Crippen LogP contribution < -0.4 is 11.1 Å². The van der Waals surface area contributed by atoms with E-state index in [1.807, 2.05) is 31.2 Å². The summed E-state index contributed by atoms with van der Waals surface area (Å²) < 4.78 is 0. The molecular formula is C12H17ClN2O. The van der Waals surface area contributed by atoms with Gasteiger partial charge >= 0.3 is 0 Å². The van der Waals surface area contributed by atoms with E-state index in [9.17, 15) is 4.79 Å². The van der Waals surface area contributed by atoms with E-state index < -0.39 is 5.54 Å². The largest absolute Gasteiger partial charge is 0.324 e. The molecule has 0 unspecified atom stereocenters. The molecule has 1 fully saturated rings. The zero-order valence-corrected chi connectivity index (χ0v) is 10.1. The molecule has 0 aliphatic heterocycles. The van der Waals surface area contributed by atoms with E-state index in [2.05, 4.69) is 5.32 Å². The van der Waals surface area contributed by atoms with E-state index in [0.29, 0.717) is 0 Å². The van der Waals surface area contributed by atoms with Crippen LogP contribution in [0.4, 0.5) is 5.69 Å². The highest BCUT2D eigenvalue weighted by Crippen LogP contribution is 2.30. The summed E-state index contributed by atoms with van der Waals surface area (Å²) in [4.78, 5) is 11.8. The summed E-state index contributed by atoms with van der Waals surface area (Å²) in [6.07, 6.45) is 2.65. The van der Waals surface area contributed by atoms with Crippen molar-refractivity contribution in [2.45, 2.75) is 31.7 Å². The zero-order chi connectivity index (χ0) is 10.9. The third kappa shape index (κ3) is 2.36. The molecule has 3 N–H and O–H groups in total. The minimum Gasteiger partial charge on any atom is -0.324 e. The number of para-hydroxylation sites is 1. The molecule has 0 atom stereocenters. The van der Waals surface area contributed by atoms with Crippen molar-refractivity contribution in [1.82, 2.24) is 0 Å². The molecule has 1 aromatic carbocycles. The van der Waals surface area contributed by atoms with Crippen molar-refractivity contribution in [3.8, 4) is 0 Å². The van der Waals surface area contributed by atoms with Gasteiger partial charge in [0.25, 0.3) is 0 Å². The van der Waals surface area contributed by atoms with E-state index in [1.54, 1.807) is 0 Å². The van der Waals surface area contributed by atoms with Gasteiger partial charge in [0.2, 0.25) is 5.91 Å². The van der Waals surface area contributed by atoms with Crippen molar-refractivity contribution in [3.05, 3.63) is 29.8 Å². The minimum absolute atomic E-state index is 0. The number of halogens is 1. The van der Waals surface area contributed by atoms with Crippen LogP contribution in [0, 0.1) is 6.92 Å². The highest BCUT2D eigenvalue weighted by molar-refractivity contribution is 5.99. The van der Waals surface area contributed by atoms with Gasteiger partial charge in [-0.05, 0) is 37.8 Å². The summed E-state index contributed by atoms with van der Waals surface area (Å²) >= 11 is 0. The first-order valence-electron chi connectivity index (χ1n) is 5.28. The highest BCUT2D eigenvalue weighted by Gasteiger charge is 2.40. The third-order valence-electron chi connectivity index (χ3n) is 3.09. The molecule has 1 aliphatic carbocycles. The zero-order valence-electron chi connectivity index (χ0n) is 9.32. The average Bonchev–Trinajstić information content (AvgIpc) is 2.18. The Labute approximate surface area is 102 Å². The molecule has 16 heavy (non-hydrogen) atoms. The fourth-order valence-corrected chi connectivity index (χ4v) is 1.74. The fourth-order valence-electron chi connectivity index (χ4n) is 1.74. The van der Waals surface area contributed by atoms with Gasteiger partial charge in [0, 0.05) is 5.69 Å². The normalized spacial score (nSPS) is 16.9. The smallest absolute Gasteiger partial charge is 0.244 e. The van der Waals surface area contributed by atoms with Gasteiger partial charge in [-0.25, -0.2) is 0 Å². The Bertz CT molecular complexity index is 388. The summed E-state index contributed by atoms with van der Waals surface area (Å²) in [7, 11) is 0. The Morgan fingerprint density at radius 1 is 1.38 bits per heavy atom. The monoisotopic (exact) mass is 240 g/mol. The Morgan fingerprint density at radius 3 is 2.50 bits per heavy atom. The van der Waals surface area contributed by atoms with Crippen LogP contribution in [-0.2, 0) is 4.79 Å². The fraction of sp³-hybridized carbons (Fsp3) is 0.417. The number of hydrogen-bond donors (Lipinski definition) is 2. The maximum Gasteiger partial charge on any atom is 0.244 e. The summed E-state index contributed by atoms with van der Waals surface area (Å²) in [5, 5.41) is 2.89. The Balaban J connectivity index is 0.00000128. The molecule has 1 aromatic rings. The number of amides is 1. The van der Waals surface area contributed by atoms with Gasteiger partial charge in [0.1, 0.15) is 0 Å². The first-order chi connectivity index (χ1) is 7.12. The molecule has 1 aliphatic rings. The van der Waals surface area contributed by atoms with Crippen LogP contribution in [0.25, 0.3) is 0 Å². The maximum atomic E-state index is 11.8. The molecule has 0 radical (unpaired) electrons. The number of rotatable bonds is 2. The lowest BCUT2D eigenvalue weighted by Crippen LogP contribution is -2.56. The second-order valence-electron chi connectivity index (χ2n) is 4.28. The molecule has 3 nitrogen and oxygen atoms in total. The van der Waals surface area contributed by atoms with Gasteiger partial charge in [0.15, 0.2) is 0 Å². The molecule has 1 saturated carbocycles. The second kappa shape index (κ2) is 4.85.